The van der Waals surface area contributed by atoms with Gasteiger partial charge in [0.05, 0.1) is 0 Å². The smallest absolute Gasteiger partial charge is 0.120 e. The van der Waals surface area contributed by atoms with Crippen LogP contribution in [-0.4, -0.2) is 13.1 Å². The zero-order valence-electron chi connectivity index (χ0n) is 16.5. The van der Waals surface area contributed by atoms with Gasteiger partial charge in [0, 0.05) is 6.04 Å². The number of nitrogens with one attached hydrogen (secondary N) is 1. The van der Waals surface area contributed by atoms with Crippen molar-refractivity contribution in [3.05, 3.63) is 65.2 Å². The number of ether oxygens (including phenoxy) is 1. The van der Waals surface area contributed by atoms with E-state index in [1.807, 2.05) is 6.07 Å². The van der Waals surface area contributed by atoms with E-state index in [-0.39, 0.29) is 0 Å². The molecule has 0 aliphatic heterocycles. The van der Waals surface area contributed by atoms with Gasteiger partial charge in [0.25, 0.3) is 0 Å². The summed E-state index contributed by atoms with van der Waals surface area (Å²) >= 11 is 0. The predicted octanol–water partition coefficient (Wildman–Crippen LogP) is 5.71. The van der Waals surface area contributed by atoms with Gasteiger partial charge >= 0.3 is 0 Å². The second-order valence-electron chi connectivity index (χ2n) is 7.60. The summed E-state index contributed by atoms with van der Waals surface area (Å²) in [4.78, 5) is 0. The predicted molar refractivity (Wildman–Crippen MR) is 110 cm³/mol. The molecule has 0 saturated heterocycles. The number of hydrogen-bond acceptors (Lipinski definition) is 2. The molecule has 2 aromatic carbocycles. The van der Waals surface area contributed by atoms with E-state index in [0.29, 0.717) is 18.6 Å². The molecule has 0 spiro atoms. The van der Waals surface area contributed by atoms with Crippen molar-refractivity contribution < 1.29 is 4.74 Å². The van der Waals surface area contributed by atoms with Crippen LogP contribution < -0.4 is 10.1 Å². The lowest BCUT2D eigenvalue weighted by molar-refractivity contribution is 0.268. The molecule has 2 aromatic rings. The van der Waals surface area contributed by atoms with Gasteiger partial charge in [-0.25, -0.2) is 0 Å². The number of benzene rings is 2. The Morgan fingerprint density at radius 1 is 1.00 bits per heavy atom. The Labute approximate surface area is 159 Å². The number of fused-ring (bicyclic) bond motifs is 1. The van der Waals surface area contributed by atoms with E-state index in [1.165, 1.54) is 48.8 Å². The van der Waals surface area contributed by atoms with Crippen molar-refractivity contribution in [1.82, 2.24) is 5.32 Å². The summed E-state index contributed by atoms with van der Waals surface area (Å²) in [6.07, 6.45) is 6.21. The Hall–Kier alpha value is -1.80. The van der Waals surface area contributed by atoms with Gasteiger partial charge in [-0.1, -0.05) is 63.1 Å². The van der Waals surface area contributed by atoms with Crippen molar-refractivity contribution in [2.75, 3.05) is 7.05 Å². The first-order chi connectivity index (χ1) is 12.8. The zero-order valence-corrected chi connectivity index (χ0v) is 16.5. The lowest BCUT2D eigenvalue weighted by Crippen LogP contribution is -2.43. The van der Waals surface area contributed by atoms with Gasteiger partial charge < -0.3 is 10.1 Å². The normalized spacial score (nSPS) is 22.0. The number of likely N-dealkylation sites (N-methyl/N-ethyl adjacent to an activating group) is 1. The van der Waals surface area contributed by atoms with E-state index in [9.17, 15) is 0 Å². The fourth-order valence-electron chi connectivity index (χ4n) is 4.60. The molecule has 0 heterocycles. The third kappa shape index (κ3) is 4.29. The van der Waals surface area contributed by atoms with Crippen LogP contribution in [-0.2, 0) is 13.0 Å². The maximum atomic E-state index is 6.11. The van der Waals surface area contributed by atoms with Crippen molar-refractivity contribution in [2.24, 2.45) is 5.92 Å². The summed E-state index contributed by atoms with van der Waals surface area (Å²) in [7, 11) is 2.14. The van der Waals surface area contributed by atoms with Gasteiger partial charge in [-0.15, -0.1) is 0 Å². The Bertz CT molecular complexity index is 682. The van der Waals surface area contributed by atoms with Crippen LogP contribution in [0.15, 0.2) is 48.5 Å². The zero-order chi connectivity index (χ0) is 18.4. The highest BCUT2D eigenvalue weighted by atomic mass is 16.5. The highest BCUT2D eigenvalue weighted by Crippen LogP contribution is 2.41. The van der Waals surface area contributed by atoms with Crippen LogP contribution in [0.3, 0.4) is 0 Å². The van der Waals surface area contributed by atoms with Crippen LogP contribution in [0.4, 0.5) is 0 Å². The molecule has 0 radical (unpaired) electrons. The van der Waals surface area contributed by atoms with E-state index < -0.39 is 0 Å². The fourth-order valence-corrected chi connectivity index (χ4v) is 4.60. The van der Waals surface area contributed by atoms with Crippen molar-refractivity contribution >= 4 is 0 Å². The van der Waals surface area contributed by atoms with Gasteiger partial charge in [0.1, 0.15) is 12.4 Å². The van der Waals surface area contributed by atoms with E-state index >= 15 is 0 Å². The second kappa shape index (κ2) is 9.23. The Morgan fingerprint density at radius 2 is 1.77 bits per heavy atom. The molecule has 1 N–H and O–H groups in total. The van der Waals surface area contributed by atoms with Gasteiger partial charge in [-0.05, 0) is 67.0 Å². The quantitative estimate of drug-likeness (QED) is 0.658. The summed E-state index contributed by atoms with van der Waals surface area (Å²) in [6.45, 7) is 5.23. The topological polar surface area (TPSA) is 21.3 Å². The van der Waals surface area contributed by atoms with Crippen LogP contribution in [0.25, 0.3) is 0 Å². The molecule has 3 unspecified atom stereocenters. The Morgan fingerprint density at radius 3 is 2.46 bits per heavy atom. The van der Waals surface area contributed by atoms with Gasteiger partial charge in [0.15, 0.2) is 0 Å². The van der Waals surface area contributed by atoms with Crippen LogP contribution in [0, 0.1) is 5.92 Å². The summed E-state index contributed by atoms with van der Waals surface area (Å²) in [6, 6.07) is 17.8. The first-order valence-electron chi connectivity index (χ1n) is 10.2. The third-order valence-corrected chi connectivity index (χ3v) is 5.78. The third-order valence-electron chi connectivity index (χ3n) is 5.78. The van der Waals surface area contributed by atoms with Crippen molar-refractivity contribution in [3.8, 4) is 5.75 Å². The van der Waals surface area contributed by atoms with Gasteiger partial charge in [-0.2, -0.15) is 0 Å². The average molecular weight is 352 g/mol. The molecule has 2 heteroatoms. The number of hydrogen-bond donors (Lipinski definition) is 1. The summed E-state index contributed by atoms with van der Waals surface area (Å²) in [5, 5.41) is 3.65. The summed E-state index contributed by atoms with van der Waals surface area (Å²) in [5.41, 5.74) is 4.25. The molecule has 0 amide bonds. The highest BCUT2D eigenvalue weighted by molar-refractivity contribution is 5.41. The van der Waals surface area contributed by atoms with E-state index in [0.717, 1.165) is 11.7 Å². The first-order valence-corrected chi connectivity index (χ1v) is 10.2. The van der Waals surface area contributed by atoms with Crippen molar-refractivity contribution in [2.45, 2.75) is 64.5 Å². The molecule has 3 atom stereocenters. The standard InChI is InChI=1S/C24H33NO/c1-4-9-20-15-19-13-14-21(26-17-18-11-7-6-8-12-18)16-23(19)22(10-5-2)24(20)25-3/h6-8,11-14,16,20,22,24-25H,4-5,9-10,15,17H2,1-3H3. The largest absolute Gasteiger partial charge is 0.489 e. The van der Waals surface area contributed by atoms with E-state index in [2.05, 4.69) is 68.7 Å². The molecule has 1 aliphatic rings. The maximum absolute atomic E-state index is 6.11. The van der Waals surface area contributed by atoms with E-state index in [4.69, 9.17) is 4.74 Å². The molecule has 1 aliphatic carbocycles. The van der Waals surface area contributed by atoms with Crippen LogP contribution in [0.2, 0.25) is 0 Å². The summed E-state index contributed by atoms with van der Waals surface area (Å²) < 4.78 is 6.11. The van der Waals surface area contributed by atoms with Gasteiger partial charge in [0.2, 0.25) is 0 Å². The Kier molecular flexibility index (Phi) is 6.73. The lowest BCUT2D eigenvalue weighted by atomic mass is 9.70. The minimum Gasteiger partial charge on any atom is -0.489 e. The summed E-state index contributed by atoms with van der Waals surface area (Å²) in [5.74, 6) is 2.33. The van der Waals surface area contributed by atoms with Crippen LogP contribution >= 0.6 is 0 Å². The molecular formula is C24H33NO. The molecule has 3 rings (SSSR count). The van der Waals surface area contributed by atoms with Crippen molar-refractivity contribution in [1.29, 1.82) is 0 Å². The molecule has 0 bridgehead atoms. The number of rotatable bonds is 8. The SMILES string of the molecule is CCCC1Cc2ccc(OCc3ccccc3)cc2C(CCC)C1NC. The average Bonchev–Trinajstić information content (AvgIpc) is 2.68. The molecule has 2 nitrogen and oxygen atoms in total. The molecular weight excluding hydrogens is 318 g/mol. The minimum absolute atomic E-state index is 0.576. The van der Waals surface area contributed by atoms with Gasteiger partial charge in [-0.3, -0.25) is 0 Å². The molecule has 0 aromatic heterocycles. The molecule has 0 fully saturated rings. The van der Waals surface area contributed by atoms with Crippen LogP contribution in [0.1, 0.15) is 62.1 Å². The second-order valence-corrected chi connectivity index (χ2v) is 7.60. The Balaban J connectivity index is 1.82. The fraction of sp³-hybridized carbons (Fsp3) is 0.500. The molecule has 0 saturated carbocycles. The molecule has 140 valence electrons. The minimum atomic E-state index is 0.576. The monoisotopic (exact) mass is 351 g/mol. The maximum Gasteiger partial charge on any atom is 0.120 e. The highest BCUT2D eigenvalue weighted by Gasteiger charge is 2.34. The van der Waals surface area contributed by atoms with Crippen LogP contribution in [0.5, 0.6) is 5.75 Å². The molecule has 26 heavy (non-hydrogen) atoms. The first kappa shape index (κ1) is 19.0. The lowest BCUT2D eigenvalue weighted by Gasteiger charge is -2.40. The van der Waals surface area contributed by atoms with Crippen molar-refractivity contribution in [3.63, 3.8) is 0 Å². The van der Waals surface area contributed by atoms with E-state index in [1.54, 1.807) is 0 Å².